The van der Waals surface area contributed by atoms with E-state index in [0.29, 0.717) is 6.42 Å². The number of nitrogens with one attached hydrogen (secondary N) is 1. The molecule has 0 fully saturated rings. The van der Waals surface area contributed by atoms with Crippen LogP contribution < -0.4 is 0 Å². The summed E-state index contributed by atoms with van der Waals surface area (Å²) in [6, 6.07) is 0. The van der Waals surface area contributed by atoms with Gasteiger partial charge in [-0.05, 0) is 19.3 Å². The molecular formula is C12H18N2O2. The lowest BCUT2D eigenvalue weighted by Gasteiger charge is -2.16. The third kappa shape index (κ3) is 2.26. The van der Waals surface area contributed by atoms with Gasteiger partial charge in [-0.15, -0.1) is 0 Å². The molecule has 1 aliphatic carbocycles. The highest BCUT2D eigenvalue weighted by Crippen LogP contribution is 2.24. The summed E-state index contributed by atoms with van der Waals surface area (Å²) in [6.45, 7) is 2.16. The molecule has 0 saturated carbocycles. The lowest BCUT2D eigenvalue weighted by molar-refractivity contribution is -0.142. The molecule has 0 aliphatic heterocycles. The third-order valence-corrected chi connectivity index (χ3v) is 3.21. The Kier molecular flexibility index (Phi) is 3.27. The molecule has 1 aromatic rings. The van der Waals surface area contributed by atoms with Crippen molar-refractivity contribution in [3.05, 3.63) is 17.2 Å². The Morgan fingerprint density at radius 3 is 3.12 bits per heavy atom. The Morgan fingerprint density at radius 1 is 1.62 bits per heavy atom. The minimum Gasteiger partial charge on any atom is -0.481 e. The fraction of sp³-hybridized carbons (Fsp3) is 0.667. The molecule has 2 rings (SSSR count). The Labute approximate surface area is 95.1 Å². The van der Waals surface area contributed by atoms with Gasteiger partial charge in [0.1, 0.15) is 5.82 Å². The van der Waals surface area contributed by atoms with E-state index in [1.807, 2.05) is 0 Å². The SMILES string of the molecule is CCCCc1nc2c([nH]1)CC(C(=O)O)CC2. The molecule has 0 radical (unpaired) electrons. The first-order chi connectivity index (χ1) is 7.70. The predicted molar refractivity (Wildman–Crippen MR) is 60.4 cm³/mol. The summed E-state index contributed by atoms with van der Waals surface area (Å²) in [5.74, 6) is 0.111. The van der Waals surface area contributed by atoms with Crippen LogP contribution in [0, 0.1) is 5.92 Å². The molecule has 0 aromatic carbocycles. The third-order valence-electron chi connectivity index (χ3n) is 3.21. The van der Waals surface area contributed by atoms with Crippen LogP contribution in [0.3, 0.4) is 0 Å². The van der Waals surface area contributed by atoms with Gasteiger partial charge in [0, 0.05) is 18.5 Å². The van der Waals surface area contributed by atoms with Gasteiger partial charge < -0.3 is 10.1 Å². The molecular weight excluding hydrogens is 204 g/mol. The number of rotatable bonds is 4. The fourth-order valence-electron chi connectivity index (χ4n) is 2.21. The van der Waals surface area contributed by atoms with Gasteiger partial charge in [-0.3, -0.25) is 4.79 Å². The Morgan fingerprint density at radius 2 is 2.44 bits per heavy atom. The number of carboxylic acids is 1. The molecule has 88 valence electrons. The molecule has 1 atom stereocenters. The fourth-order valence-corrected chi connectivity index (χ4v) is 2.21. The topological polar surface area (TPSA) is 66.0 Å². The van der Waals surface area contributed by atoms with Crippen LogP contribution in [0.15, 0.2) is 0 Å². The van der Waals surface area contributed by atoms with Crippen molar-refractivity contribution in [2.45, 2.75) is 45.4 Å². The molecule has 0 bridgehead atoms. The van der Waals surface area contributed by atoms with Gasteiger partial charge in [-0.1, -0.05) is 13.3 Å². The largest absolute Gasteiger partial charge is 0.481 e. The molecule has 0 amide bonds. The van der Waals surface area contributed by atoms with E-state index >= 15 is 0 Å². The molecule has 16 heavy (non-hydrogen) atoms. The number of aromatic amines is 1. The number of aromatic nitrogens is 2. The molecule has 0 spiro atoms. The van der Waals surface area contributed by atoms with Crippen molar-refractivity contribution in [2.75, 3.05) is 0 Å². The van der Waals surface area contributed by atoms with Gasteiger partial charge in [0.15, 0.2) is 0 Å². The molecule has 2 N–H and O–H groups in total. The number of H-pyrrole nitrogens is 1. The van der Waals surface area contributed by atoms with Gasteiger partial charge in [0.05, 0.1) is 11.6 Å². The van der Waals surface area contributed by atoms with E-state index in [4.69, 9.17) is 5.11 Å². The summed E-state index contributed by atoms with van der Waals surface area (Å²) >= 11 is 0. The first-order valence-electron chi connectivity index (χ1n) is 6.00. The highest BCUT2D eigenvalue weighted by molar-refractivity contribution is 5.70. The average molecular weight is 222 g/mol. The van der Waals surface area contributed by atoms with Crippen LogP contribution in [0.1, 0.15) is 43.4 Å². The molecule has 1 aliphatic rings. The second-order valence-electron chi connectivity index (χ2n) is 4.49. The summed E-state index contributed by atoms with van der Waals surface area (Å²) in [5, 5.41) is 8.98. The van der Waals surface area contributed by atoms with Crippen molar-refractivity contribution in [1.82, 2.24) is 9.97 Å². The van der Waals surface area contributed by atoms with E-state index in [2.05, 4.69) is 16.9 Å². The van der Waals surface area contributed by atoms with E-state index < -0.39 is 5.97 Å². The van der Waals surface area contributed by atoms with Crippen LogP contribution in [0.2, 0.25) is 0 Å². The highest BCUT2D eigenvalue weighted by atomic mass is 16.4. The quantitative estimate of drug-likeness (QED) is 0.818. The standard InChI is InChI=1S/C12H18N2O2/c1-2-3-4-11-13-9-6-5-8(12(15)16)7-10(9)14-11/h8H,2-7H2,1H3,(H,13,14)(H,15,16). The summed E-state index contributed by atoms with van der Waals surface area (Å²) in [4.78, 5) is 18.7. The molecule has 1 aromatic heterocycles. The zero-order valence-electron chi connectivity index (χ0n) is 9.62. The lowest BCUT2D eigenvalue weighted by Crippen LogP contribution is -2.22. The normalized spacial score (nSPS) is 19.4. The highest BCUT2D eigenvalue weighted by Gasteiger charge is 2.26. The van der Waals surface area contributed by atoms with Crippen LogP contribution in [-0.4, -0.2) is 21.0 Å². The summed E-state index contributed by atoms with van der Waals surface area (Å²) < 4.78 is 0. The van der Waals surface area contributed by atoms with Gasteiger partial charge in [-0.2, -0.15) is 0 Å². The van der Waals surface area contributed by atoms with E-state index in [-0.39, 0.29) is 5.92 Å². The van der Waals surface area contributed by atoms with Crippen LogP contribution in [0.4, 0.5) is 0 Å². The van der Waals surface area contributed by atoms with Crippen molar-refractivity contribution < 1.29 is 9.90 Å². The number of carbonyl (C=O) groups is 1. The number of carboxylic acid groups (broad SMARTS) is 1. The summed E-state index contributed by atoms with van der Waals surface area (Å²) in [7, 11) is 0. The number of unbranched alkanes of at least 4 members (excludes halogenated alkanes) is 1. The van der Waals surface area contributed by atoms with Crippen molar-refractivity contribution >= 4 is 5.97 Å². The van der Waals surface area contributed by atoms with Crippen molar-refractivity contribution in [2.24, 2.45) is 5.92 Å². The zero-order valence-corrected chi connectivity index (χ0v) is 9.62. The molecule has 4 nitrogen and oxygen atoms in total. The molecule has 1 unspecified atom stereocenters. The lowest BCUT2D eigenvalue weighted by atomic mass is 9.90. The molecule has 0 saturated heterocycles. The summed E-state index contributed by atoms with van der Waals surface area (Å²) in [6.07, 6.45) is 5.40. The second kappa shape index (κ2) is 4.68. The van der Waals surface area contributed by atoms with Gasteiger partial charge in [0.25, 0.3) is 0 Å². The summed E-state index contributed by atoms with van der Waals surface area (Å²) in [5.41, 5.74) is 2.13. The first kappa shape index (κ1) is 11.2. The van der Waals surface area contributed by atoms with Gasteiger partial charge in [0.2, 0.25) is 0 Å². The Hall–Kier alpha value is -1.32. The van der Waals surface area contributed by atoms with E-state index in [9.17, 15) is 4.79 Å². The minimum absolute atomic E-state index is 0.230. The maximum absolute atomic E-state index is 10.9. The van der Waals surface area contributed by atoms with Crippen LogP contribution in [0.5, 0.6) is 0 Å². The smallest absolute Gasteiger partial charge is 0.306 e. The van der Waals surface area contributed by atoms with Crippen LogP contribution in [-0.2, 0) is 24.1 Å². The van der Waals surface area contributed by atoms with Crippen LogP contribution in [0.25, 0.3) is 0 Å². The predicted octanol–water partition coefficient (Wildman–Crippen LogP) is 1.94. The number of hydrogen-bond donors (Lipinski definition) is 2. The number of aliphatic carboxylic acids is 1. The van der Waals surface area contributed by atoms with Crippen molar-refractivity contribution in [3.63, 3.8) is 0 Å². The molecule has 1 heterocycles. The minimum atomic E-state index is -0.685. The number of fused-ring (bicyclic) bond motifs is 1. The van der Waals surface area contributed by atoms with Crippen molar-refractivity contribution in [1.29, 1.82) is 0 Å². The van der Waals surface area contributed by atoms with Crippen molar-refractivity contribution in [3.8, 4) is 0 Å². The molecule has 4 heteroatoms. The Balaban J connectivity index is 2.07. The maximum atomic E-state index is 10.9. The monoisotopic (exact) mass is 222 g/mol. The van der Waals surface area contributed by atoms with Gasteiger partial charge >= 0.3 is 5.97 Å². The first-order valence-corrected chi connectivity index (χ1v) is 6.00. The number of aryl methyl sites for hydroxylation is 2. The Bertz CT molecular complexity index is 384. The van der Waals surface area contributed by atoms with E-state index in [1.165, 1.54) is 0 Å². The zero-order chi connectivity index (χ0) is 11.5. The van der Waals surface area contributed by atoms with Gasteiger partial charge in [-0.25, -0.2) is 4.98 Å². The van der Waals surface area contributed by atoms with E-state index in [1.54, 1.807) is 0 Å². The van der Waals surface area contributed by atoms with E-state index in [0.717, 1.165) is 49.3 Å². The number of nitrogens with zero attached hydrogens (tertiary/aromatic N) is 1. The number of hydrogen-bond acceptors (Lipinski definition) is 2. The van der Waals surface area contributed by atoms with Crippen LogP contribution >= 0.6 is 0 Å². The number of imidazole rings is 1. The maximum Gasteiger partial charge on any atom is 0.306 e. The second-order valence-corrected chi connectivity index (χ2v) is 4.49. The average Bonchev–Trinajstić information content (AvgIpc) is 2.67.